The van der Waals surface area contributed by atoms with Crippen LogP contribution in [0.3, 0.4) is 0 Å². The highest BCUT2D eigenvalue weighted by Gasteiger charge is 2.38. The Hall–Kier alpha value is -0.910. The van der Waals surface area contributed by atoms with Crippen LogP contribution < -0.4 is 11.1 Å². The van der Waals surface area contributed by atoms with Gasteiger partial charge in [0.1, 0.15) is 12.0 Å². The summed E-state index contributed by atoms with van der Waals surface area (Å²) >= 11 is 11.8. The van der Waals surface area contributed by atoms with Gasteiger partial charge in [-0.25, -0.2) is 9.97 Å². The largest absolute Gasteiger partial charge is 0.319 e. The Morgan fingerprint density at radius 3 is 2.68 bits per heavy atom. The Labute approximate surface area is 121 Å². The lowest BCUT2D eigenvalue weighted by molar-refractivity contribution is -0.122. The number of hydrogen-bond donors (Lipinski definition) is 2. The minimum atomic E-state index is -0.875. The summed E-state index contributed by atoms with van der Waals surface area (Å²) in [6.07, 6.45) is 4.59. The molecule has 1 amide bonds. The zero-order valence-corrected chi connectivity index (χ0v) is 12.1. The number of hydrogen-bond acceptors (Lipinski definition) is 4. The van der Waals surface area contributed by atoms with Crippen molar-refractivity contribution < 1.29 is 4.79 Å². The first-order valence-electron chi connectivity index (χ1n) is 6.19. The summed E-state index contributed by atoms with van der Waals surface area (Å²) in [5.41, 5.74) is 5.55. The van der Waals surface area contributed by atoms with Gasteiger partial charge in [-0.2, -0.15) is 0 Å². The molecule has 5 nitrogen and oxygen atoms in total. The van der Waals surface area contributed by atoms with Crippen molar-refractivity contribution in [3.8, 4) is 0 Å². The molecule has 0 aromatic carbocycles. The van der Waals surface area contributed by atoms with Crippen LogP contribution in [0, 0.1) is 5.92 Å². The summed E-state index contributed by atoms with van der Waals surface area (Å²) in [6, 6.07) is 0. The number of amides is 1. The van der Waals surface area contributed by atoms with Crippen molar-refractivity contribution >= 4 is 34.8 Å². The first-order valence-corrected chi connectivity index (χ1v) is 6.94. The van der Waals surface area contributed by atoms with E-state index in [9.17, 15) is 4.79 Å². The SMILES string of the molecule is CC1CCCC(N)(C(=O)Nc2c(Cl)ncnc2Cl)C1. The molecule has 3 N–H and O–H groups in total. The molecule has 1 aromatic heterocycles. The van der Waals surface area contributed by atoms with E-state index < -0.39 is 5.54 Å². The molecule has 1 aliphatic rings. The van der Waals surface area contributed by atoms with Crippen molar-refractivity contribution in [2.75, 3.05) is 5.32 Å². The van der Waals surface area contributed by atoms with Crippen LogP contribution in [0.4, 0.5) is 5.69 Å². The Kier molecular flexibility index (Phi) is 4.28. The summed E-state index contributed by atoms with van der Waals surface area (Å²) in [7, 11) is 0. The second-order valence-electron chi connectivity index (χ2n) is 5.14. The van der Waals surface area contributed by atoms with E-state index in [0.29, 0.717) is 18.8 Å². The van der Waals surface area contributed by atoms with Crippen LogP contribution in [0.15, 0.2) is 6.33 Å². The van der Waals surface area contributed by atoms with Gasteiger partial charge in [-0.15, -0.1) is 0 Å². The van der Waals surface area contributed by atoms with E-state index in [1.165, 1.54) is 6.33 Å². The van der Waals surface area contributed by atoms with E-state index in [1.807, 2.05) is 0 Å². The standard InChI is InChI=1S/C12H16Cl2N4O/c1-7-3-2-4-12(15,5-7)11(19)18-8-9(13)16-6-17-10(8)14/h6-7H,2-5,15H2,1H3,(H,18,19). The number of nitrogens with two attached hydrogens (primary N) is 1. The molecule has 2 atom stereocenters. The second kappa shape index (κ2) is 5.61. The van der Waals surface area contributed by atoms with Crippen molar-refractivity contribution in [2.45, 2.75) is 38.1 Å². The molecule has 0 saturated heterocycles. The summed E-state index contributed by atoms with van der Waals surface area (Å²) in [4.78, 5) is 19.9. The second-order valence-corrected chi connectivity index (χ2v) is 5.86. The van der Waals surface area contributed by atoms with Crippen molar-refractivity contribution in [3.05, 3.63) is 16.6 Å². The van der Waals surface area contributed by atoms with Gasteiger partial charge in [0, 0.05) is 0 Å². The maximum Gasteiger partial charge on any atom is 0.244 e. The van der Waals surface area contributed by atoms with Crippen LogP contribution >= 0.6 is 23.2 Å². The molecule has 1 saturated carbocycles. The zero-order valence-electron chi connectivity index (χ0n) is 10.6. The number of carbonyl (C=O) groups excluding carboxylic acids is 1. The fourth-order valence-corrected chi connectivity index (χ4v) is 2.89. The number of nitrogens with zero attached hydrogens (tertiary/aromatic N) is 2. The van der Waals surface area contributed by atoms with Gasteiger partial charge in [0.15, 0.2) is 10.3 Å². The maximum atomic E-state index is 12.3. The molecule has 2 rings (SSSR count). The van der Waals surface area contributed by atoms with Crippen molar-refractivity contribution in [3.63, 3.8) is 0 Å². The van der Waals surface area contributed by atoms with E-state index in [-0.39, 0.29) is 21.9 Å². The molecule has 0 aliphatic heterocycles. The number of aromatic nitrogens is 2. The first-order chi connectivity index (χ1) is 8.92. The van der Waals surface area contributed by atoms with E-state index in [1.54, 1.807) is 0 Å². The highest BCUT2D eigenvalue weighted by Crippen LogP contribution is 2.33. The van der Waals surface area contributed by atoms with Gasteiger partial charge in [-0.1, -0.05) is 43.0 Å². The predicted octanol–water partition coefficient (Wildman–Crippen LogP) is 2.63. The lowest BCUT2D eigenvalue weighted by Gasteiger charge is -2.35. The minimum absolute atomic E-state index is 0.112. The van der Waals surface area contributed by atoms with E-state index in [0.717, 1.165) is 12.8 Å². The lowest BCUT2D eigenvalue weighted by atomic mass is 9.76. The van der Waals surface area contributed by atoms with Gasteiger partial charge in [-0.3, -0.25) is 4.79 Å². The fraction of sp³-hybridized carbons (Fsp3) is 0.583. The molecule has 1 heterocycles. The molecule has 2 unspecified atom stereocenters. The average Bonchev–Trinajstić information content (AvgIpc) is 2.33. The molecule has 0 bridgehead atoms. The molecule has 0 radical (unpaired) electrons. The van der Waals surface area contributed by atoms with Crippen LogP contribution in [-0.2, 0) is 4.79 Å². The maximum absolute atomic E-state index is 12.3. The Bertz CT molecular complexity index is 476. The number of rotatable bonds is 2. The number of carbonyl (C=O) groups is 1. The Balaban J connectivity index is 2.17. The van der Waals surface area contributed by atoms with Gasteiger partial charge in [-0.05, 0) is 18.8 Å². The van der Waals surface area contributed by atoms with E-state index in [4.69, 9.17) is 28.9 Å². The number of halogens is 2. The molecule has 1 fully saturated rings. The summed E-state index contributed by atoms with van der Waals surface area (Å²) in [6.45, 7) is 2.10. The Morgan fingerprint density at radius 1 is 1.47 bits per heavy atom. The highest BCUT2D eigenvalue weighted by atomic mass is 35.5. The van der Waals surface area contributed by atoms with Gasteiger partial charge in [0.25, 0.3) is 0 Å². The minimum Gasteiger partial charge on any atom is -0.319 e. The van der Waals surface area contributed by atoms with Crippen molar-refractivity contribution in [2.24, 2.45) is 11.7 Å². The average molecular weight is 303 g/mol. The summed E-state index contributed by atoms with van der Waals surface area (Å²) in [5.74, 6) is 0.153. The molecular formula is C12H16Cl2N4O. The normalized spacial score (nSPS) is 27.1. The molecule has 0 spiro atoms. The predicted molar refractivity (Wildman–Crippen MR) is 75.2 cm³/mol. The summed E-state index contributed by atoms with van der Waals surface area (Å²) < 4.78 is 0. The van der Waals surface area contributed by atoms with Crippen LogP contribution in [0.1, 0.15) is 32.6 Å². The first kappa shape index (κ1) is 14.5. The van der Waals surface area contributed by atoms with Crippen LogP contribution in [-0.4, -0.2) is 21.4 Å². The third kappa shape index (κ3) is 3.16. The Morgan fingerprint density at radius 2 is 2.11 bits per heavy atom. The van der Waals surface area contributed by atoms with Crippen molar-refractivity contribution in [1.82, 2.24) is 9.97 Å². The van der Waals surface area contributed by atoms with Crippen LogP contribution in [0.25, 0.3) is 0 Å². The van der Waals surface area contributed by atoms with Gasteiger partial charge in [0.2, 0.25) is 5.91 Å². The molecule has 104 valence electrons. The molecule has 1 aliphatic carbocycles. The van der Waals surface area contributed by atoms with Crippen molar-refractivity contribution in [1.29, 1.82) is 0 Å². The topological polar surface area (TPSA) is 80.9 Å². The van der Waals surface area contributed by atoms with Gasteiger partial charge in [0.05, 0.1) is 5.54 Å². The number of nitrogens with one attached hydrogen (secondary N) is 1. The summed E-state index contributed by atoms with van der Waals surface area (Å²) in [5, 5.41) is 2.88. The smallest absolute Gasteiger partial charge is 0.244 e. The molecule has 19 heavy (non-hydrogen) atoms. The quantitative estimate of drug-likeness (QED) is 0.823. The van der Waals surface area contributed by atoms with E-state index >= 15 is 0 Å². The van der Waals surface area contributed by atoms with Crippen LogP contribution in [0.2, 0.25) is 10.3 Å². The fourth-order valence-electron chi connectivity index (χ4n) is 2.48. The lowest BCUT2D eigenvalue weighted by Crippen LogP contribution is -2.53. The number of anilines is 1. The highest BCUT2D eigenvalue weighted by molar-refractivity contribution is 6.38. The molecule has 1 aromatic rings. The monoisotopic (exact) mass is 302 g/mol. The molecular weight excluding hydrogens is 287 g/mol. The zero-order chi connectivity index (χ0) is 14.0. The molecule has 7 heteroatoms. The third-order valence-corrected chi connectivity index (χ3v) is 4.05. The van der Waals surface area contributed by atoms with Gasteiger partial charge >= 0.3 is 0 Å². The van der Waals surface area contributed by atoms with Gasteiger partial charge < -0.3 is 11.1 Å². The van der Waals surface area contributed by atoms with E-state index in [2.05, 4.69) is 22.2 Å². The van der Waals surface area contributed by atoms with Crippen LogP contribution in [0.5, 0.6) is 0 Å². The third-order valence-electron chi connectivity index (χ3n) is 3.48.